The van der Waals surface area contributed by atoms with Gasteiger partial charge in [-0.3, -0.25) is 4.79 Å². The van der Waals surface area contributed by atoms with Crippen molar-refractivity contribution in [3.05, 3.63) is 35.3 Å². The third kappa shape index (κ3) is 2.99. The Bertz CT molecular complexity index is 648. The molecule has 1 aromatic carbocycles. The minimum absolute atomic E-state index is 0.0395. The number of nitrogens with two attached hydrogens (primary N) is 1. The molecule has 22 heavy (non-hydrogen) atoms. The smallest absolute Gasteiger partial charge is 0.273 e. The van der Waals surface area contributed by atoms with E-state index in [0.29, 0.717) is 23.9 Å². The summed E-state index contributed by atoms with van der Waals surface area (Å²) in [6, 6.07) is 7.98. The number of carbonyl (C=O) groups excluding carboxylic acids is 1. The van der Waals surface area contributed by atoms with Crippen LogP contribution in [0.15, 0.2) is 29.6 Å². The summed E-state index contributed by atoms with van der Waals surface area (Å²) in [5.41, 5.74) is 7.17. The normalized spacial score (nSPS) is 15.0. The molecule has 3 rings (SSSR count). The average Bonchev–Trinajstić information content (AvgIpc) is 3.01. The van der Waals surface area contributed by atoms with E-state index in [1.165, 1.54) is 11.3 Å². The molecule has 0 unspecified atom stereocenters. The quantitative estimate of drug-likeness (QED) is 0.932. The molecule has 116 valence electrons. The van der Waals surface area contributed by atoms with Gasteiger partial charge < -0.3 is 20.3 Å². The molecule has 0 atom stereocenters. The van der Waals surface area contributed by atoms with Gasteiger partial charge in [0, 0.05) is 37.2 Å². The second kappa shape index (κ2) is 6.23. The second-order valence-corrected chi connectivity index (χ2v) is 5.94. The van der Waals surface area contributed by atoms with Gasteiger partial charge in [0.05, 0.1) is 7.11 Å². The molecular weight excluding hydrogens is 300 g/mol. The van der Waals surface area contributed by atoms with E-state index in [1.54, 1.807) is 12.5 Å². The van der Waals surface area contributed by atoms with Gasteiger partial charge in [-0.25, -0.2) is 4.98 Å². The van der Waals surface area contributed by atoms with E-state index < -0.39 is 0 Å². The predicted molar refractivity (Wildman–Crippen MR) is 87.6 cm³/mol. The molecule has 2 aromatic rings. The first-order chi connectivity index (χ1) is 10.7. The number of rotatable bonds is 3. The summed E-state index contributed by atoms with van der Waals surface area (Å²) < 4.78 is 5.17. The van der Waals surface area contributed by atoms with Crippen molar-refractivity contribution in [1.82, 2.24) is 9.88 Å². The predicted octanol–water partition coefficient (Wildman–Crippen LogP) is 1.70. The number of aromatic nitrogens is 1. The standard InChI is InChI=1S/C15H18N4O2S/c1-21-12-4-2-11(3-5-12)18-6-8-19(9-7-18)14(20)13-10-22-15(16)17-13/h2-5,10H,6-9H2,1H3,(H2,16,17). The van der Waals surface area contributed by atoms with Gasteiger partial charge in [0.15, 0.2) is 5.13 Å². The maximum absolute atomic E-state index is 12.3. The molecule has 1 aromatic heterocycles. The maximum atomic E-state index is 12.3. The van der Waals surface area contributed by atoms with E-state index in [2.05, 4.69) is 9.88 Å². The highest BCUT2D eigenvalue weighted by Crippen LogP contribution is 2.21. The van der Waals surface area contributed by atoms with Crippen molar-refractivity contribution in [1.29, 1.82) is 0 Å². The van der Waals surface area contributed by atoms with Gasteiger partial charge in [0.1, 0.15) is 11.4 Å². The highest BCUT2D eigenvalue weighted by molar-refractivity contribution is 7.13. The zero-order valence-corrected chi connectivity index (χ0v) is 13.2. The number of carbonyl (C=O) groups is 1. The number of anilines is 2. The topological polar surface area (TPSA) is 71.7 Å². The molecule has 0 bridgehead atoms. The van der Waals surface area contributed by atoms with Crippen LogP contribution >= 0.6 is 11.3 Å². The highest BCUT2D eigenvalue weighted by Gasteiger charge is 2.23. The van der Waals surface area contributed by atoms with Crippen LogP contribution in [0, 0.1) is 0 Å². The Balaban J connectivity index is 1.61. The van der Waals surface area contributed by atoms with E-state index in [0.717, 1.165) is 24.5 Å². The first-order valence-electron chi connectivity index (χ1n) is 7.06. The number of hydrogen-bond donors (Lipinski definition) is 1. The first-order valence-corrected chi connectivity index (χ1v) is 7.94. The van der Waals surface area contributed by atoms with Crippen LogP contribution in [-0.4, -0.2) is 49.1 Å². The number of methoxy groups -OCH3 is 1. The van der Waals surface area contributed by atoms with Gasteiger partial charge >= 0.3 is 0 Å². The molecule has 0 radical (unpaired) electrons. The number of amides is 1. The van der Waals surface area contributed by atoms with Crippen molar-refractivity contribution in [3.63, 3.8) is 0 Å². The zero-order valence-electron chi connectivity index (χ0n) is 12.4. The van der Waals surface area contributed by atoms with Crippen LogP contribution in [0.3, 0.4) is 0 Å². The van der Waals surface area contributed by atoms with E-state index in [4.69, 9.17) is 10.5 Å². The van der Waals surface area contributed by atoms with Crippen LogP contribution < -0.4 is 15.4 Å². The Morgan fingerprint density at radius 1 is 1.23 bits per heavy atom. The van der Waals surface area contributed by atoms with Crippen molar-refractivity contribution >= 4 is 28.1 Å². The van der Waals surface area contributed by atoms with Gasteiger partial charge in [-0.05, 0) is 24.3 Å². The minimum atomic E-state index is -0.0395. The molecule has 6 nitrogen and oxygen atoms in total. The van der Waals surface area contributed by atoms with Crippen LogP contribution in [0.25, 0.3) is 0 Å². The fourth-order valence-electron chi connectivity index (χ4n) is 2.51. The molecular formula is C15H18N4O2S. The first kappa shape index (κ1) is 14.6. The summed E-state index contributed by atoms with van der Waals surface area (Å²) >= 11 is 1.29. The van der Waals surface area contributed by atoms with Crippen molar-refractivity contribution in [3.8, 4) is 5.75 Å². The molecule has 1 saturated heterocycles. The van der Waals surface area contributed by atoms with Crippen LogP contribution in [0.4, 0.5) is 10.8 Å². The van der Waals surface area contributed by atoms with E-state index in [1.807, 2.05) is 29.2 Å². The summed E-state index contributed by atoms with van der Waals surface area (Å²) in [5.74, 6) is 0.806. The summed E-state index contributed by atoms with van der Waals surface area (Å²) in [5, 5.41) is 2.15. The number of piperazine rings is 1. The van der Waals surface area contributed by atoms with Crippen LogP contribution in [-0.2, 0) is 0 Å². The molecule has 0 spiro atoms. The molecule has 0 saturated carbocycles. The van der Waals surface area contributed by atoms with E-state index >= 15 is 0 Å². The Kier molecular flexibility index (Phi) is 4.15. The van der Waals surface area contributed by atoms with E-state index in [9.17, 15) is 4.79 Å². The van der Waals surface area contributed by atoms with E-state index in [-0.39, 0.29) is 5.91 Å². The lowest BCUT2D eigenvalue weighted by Gasteiger charge is -2.35. The third-order valence-corrected chi connectivity index (χ3v) is 4.42. The number of ether oxygens (including phenoxy) is 1. The molecule has 1 aliphatic rings. The molecule has 1 aliphatic heterocycles. The summed E-state index contributed by atoms with van der Waals surface area (Å²) in [6.07, 6.45) is 0. The van der Waals surface area contributed by atoms with Crippen LogP contribution in [0.1, 0.15) is 10.5 Å². The zero-order chi connectivity index (χ0) is 15.5. The fourth-order valence-corrected chi connectivity index (χ4v) is 3.05. The Labute approximate surface area is 133 Å². The molecule has 7 heteroatoms. The maximum Gasteiger partial charge on any atom is 0.273 e. The molecule has 0 aliphatic carbocycles. The largest absolute Gasteiger partial charge is 0.497 e. The molecule has 1 amide bonds. The summed E-state index contributed by atoms with van der Waals surface area (Å²) in [6.45, 7) is 2.97. The number of benzene rings is 1. The Hall–Kier alpha value is -2.28. The van der Waals surface area contributed by atoms with Crippen molar-refractivity contribution in [2.75, 3.05) is 43.9 Å². The van der Waals surface area contributed by atoms with Crippen molar-refractivity contribution in [2.45, 2.75) is 0 Å². The third-order valence-electron chi connectivity index (χ3n) is 3.75. The number of nitrogen functional groups attached to an aromatic ring is 1. The lowest BCUT2D eigenvalue weighted by Crippen LogP contribution is -2.48. The van der Waals surface area contributed by atoms with Crippen LogP contribution in [0.2, 0.25) is 0 Å². The van der Waals surface area contributed by atoms with Crippen LogP contribution in [0.5, 0.6) is 5.75 Å². The fraction of sp³-hybridized carbons (Fsp3) is 0.333. The Morgan fingerprint density at radius 2 is 1.91 bits per heavy atom. The summed E-state index contributed by atoms with van der Waals surface area (Å²) in [7, 11) is 1.66. The van der Waals surface area contributed by atoms with Gasteiger partial charge in [-0.1, -0.05) is 0 Å². The van der Waals surface area contributed by atoms with Gasteiger partial charge in [-0.15, -0.1) is 11.3 Å². The molecule has 2 N–H and O–H groups in total. The minimum Gasteiger partial charge on any atom is -0.497 e. The van der Waals surface area contributed by atoms with Gasteiger partial charge in [0.25, 0.3) is 5.91 Å². The number of thiazole rings is 1. The lowest BCUT2D eigenvalue weighted by atomic mass is 10.2. The number of hydrogen-bond acceptors (Lipinski definition) is 6. The highest BCUT2D eigenvalue weighted by atomic mass is 32.1. The van der Waals surface area contributed by atoms with Gasteiger partial charge in [0.2, 0.25) is 0 Å². The average molecular weight is 318 g/mol. The second-order valence-electron chi connectivity index (χ2n) is 5.05. The molecule has 2 heterocycles. The monoisotopic (exact) mass is 318 g/mol. The summed E-state index contributed by atoms with van der Waals surface area (Å²) in [4.78, 5) is 20.5. The SMILES string of the molecule is COc1ccc(N2CCN(C(=O)c3csc(N)n3)CC2)cc1. The van der Waals surface area contributed by atoms with Crippen molar-refractivity contribution in [2.24, 2.45) is 0 Å². The Morgan fingerprint density at radius 3 is 2.45 bits per heavy atom. The van der Waals surface area contributed by atoms with Crippen molar-refractivity contribution < 1.29 is 9.53 Å². The molecule has 1 fully saturated rings. The van der Waals surface area contributed by atoms with Gasteiger partial charge in [-0.2, -0.15) is 0 Å². The lowest BCUT2D eigenvalue weighted by molar-refractivity contribution is 0.0742. The number of nitrogens with zero attached hydrogens (tertiary/aromatic N) is 3.